The quantitative estimate of drug-likeness (QED) is 0.891. The maximum absolute atomic E-state index is 4.31. The van der Waals surface area contributed by atoms with Crippen molar-refractivity contribution >= 4 is 15.9 Å². The van der Waals surface area contributed by atoms with Gasteiger partial charge in [0.05, 0.1) is 10.2 Å². The zero-order valence-corrected chi connectivity index (χ0v) is 10.5. The molecule has 1 unspecified atom stereocenters. The lowest BCUT2D eigenvalue weighted by Gasteiger charge is -2.16. The lowest BCUT2D eigenvalue weighted by Crippen LogP contribution is -2.33. The molecular formula is C11H16BrN3. The smallest absolute Gasteiger partial charge is 0.115 e. The number of rotatable bonds is 5. The minimum absolute atomic E-state index is 0.584. The third-order valence-electron chi connectivity index (χ3n) is 2.81. The first kappa shape index (κ1) is 11.0. The van der Waals surface area contributed by atoms with Crippen LogP contribution in [0.15, 0.2) is 17.0 Å². The van der Waals surface area contributed by atoms with Crippen molar-refractivity contribution in [2.24, 2.45) is 5.92 Å². The molecule has 1 aliphatic carbocycles. The summed E-state index contributed by atoms with van der Waals surface area (Å²) in [6.07, 6.45) is 7.16. The second-order valence-electron chi connectivity index (χ2n) is 4.02. The van der Waals surface area contributed by atoms with E-state index >= 15 is 0 Å². The molecular weight excluding hydrogens is 254 g/mol. The minimum atomic E-state index is 0.584. The minimum Gasteiger partial charge on any atom is -0.314 e. The van der Waals surface area contributed by atoms with Crippen molar-refractivity contribution in [1.82, 2.24) is 15.3 Å². The van der Waals surface area contributed by atoms with Gasteiger partial charge in [0.1, 0.15) is 6.33 Å². The number of likely N-dealkylation sites (N-methyl/N-ethyl adjacent to an activating group) is 1. The van der Waals surface area contributed by atoms with E-state index in [2.05, 4.69) is 38.1 Å². The van der Waals surface area contributed by atoms with Gasteiger partial charge in [0, 0.05) is 18.7 Å². The van der Waals surface area contributed by atoms with E-state index in [0.717, 1.165) is 29.1 Å². The molecule has 0 bridgehead atoms. The van der Waals surface area contributed by atoms with Crippen molar-refractivity contribution in [3.63, 3.8) is 0 Å². The van der Waals surface area contributed by atoms with Crippen LogP contribution in [0.25, 0.3) is 0 Å². The van der Waals surface area contributed by atoms with Gasteiger partial charge in [-0.2, -0.15) is 0 Å². The molecule has 15 heavy (non-hydrogen) atoms. The van der Waals surface area contributed by atoms with Crippen LogP contribution < -0.4 is 5.32 Å². The van der Waals surface area contributed by atoms with Gasteiger partial charge < -0.3 is 5.32 Å². The van der Waals surface area contributed by atoms with Crippen molar-refractivity contribution in [3.05, 3.63) is 22.7 Å². The number of halogens is 1. The van der Waals surface area contributed by atoms with E-state index in [0.29, 0.717) is 6.04 Å². The largest absolute Gasteiger partial charge is 0.314 e. The third kappa shape index (κ3) is 2.98. The fourth-order valence-electron chi connectivity index (χ4n) is 1.86. The van der Waals surface area contributed by atoms with Crippen LogP contribution >= 0.6 is 15.9 Å². The number of hydrogen-bond donors (Lipinski definition) is 1. The molecule has 0 saturated heterocycles. The summed E-state index contributed by atoms with van der Waals surface area (Å²) < 4.78 is 1.02. The summed E-state index contributed by atoms with van der Waals surface area (Å²) in [4.78, 5) is 8.29. The van der Waals surface area contributed by atoms with Gasteiger partial charge in [-0.25, -0.2) is 9.97 Å². The Morgan fingerprint density at radius 2 is 2.40 bits per heavy atom. The van der Waals surface area contributed by atoms with E-state index < -0.39 is 0 Å². The summed E-state index contributed by atoms with van der Waals surface area (Å²) in [5.41, 5.74) is 1.11. The van der Waals surface area contributed by atoms with Gasteiger partial charge in [0.2, 0.25) is 0 Å². The molecule has 1 N–H and O–H groups in total. The first-order valence-electron chi connectivity index (χ1n) is 5.49. The van der Waals surface area contributed by atoms with Gasteiger partial charge in [-0.05, 0) is 41.2 Å². The number of nitrogens with zero attached hydrogens (tertiary/aromatic N) is 2. The zero-order valence-electron chi connectivity index (χ0n) is 8.91. The van der Waals surface area contributed by atoms with E-state index in [-0.39, 0.29) is 0 Å². The number of aromatic nitrogens is 2. The molecule has 1 heterocycles. The molecule has 1 atom stereocenters. The molecule has 4 heteroatoms. The molecule has 0 amide bonds. The Morgan fingerprint density at radius 3 is 3.00 bits per heavy atom. The summed E-state index contributed by atoms with van der Waals surface area (Å²) in [5.74, 6) is 0.854. The summed E-state index contributed by atoms with van der Waals surface area (Å²) in [6, 6.07) is 0.584. The molecule has 0 radical (unpaired) electrons. The Balaban J connectivity index is 2.02. The summed E-state index contributed by atoms with van der Waals surface area (Å²) in [6.45, 7) is 3.19. The second-order valence-corrected chi connectivity index (χ2v) is 4.88. The lowest BCUT2D eigenvalue weighted by atomic mass is 10.1. The molecule has 3 nitrogen and oxygen atoms in total. The topological polar surface area (TPSA) is 37.8 Å². The molecule has 1 aliphatic rings. The van der Waals surface area contributed by atoms with Crippen molar-refractivity contribution in [2.45, 2.75) is 32.2 Å². The first-order chi connectivity index (χ1) is 7.31. The maximum Gasteiger partial charge on any atom is 0.115 e. The Hall–Kier alpha value is -0.480. The third-order valence-corrected chi connectivity index (χ3v) is 3.48. The lowest BCUT2D eigenvalue weighted by molar-refractivity contribution is 0.467. The summed E-state index contributed by atoms with van der Waals surface area (Å²) in [7, 11) is 0. The van der Waals surface area contributed by atoms with E-state index in [4.69, 9.17) is 0 Å². The Kier molecular flexibility index (Phi) is 3.70. The highest BCUT2D eigenvalue weighted by Gasteiger charge is 2.31. The molecule has 1 saturated carbocycles. The molecule has 0 aliphatic heterocycles. The number of nitrogens with one attached hydrogen (secondary N) is 1. The average molecular weight is 270 g/mol. The highest BCUT2D eigenvalue weighted by molar-refractivity contribution is 9.10. The van der Waals surface area contributed by atoms with Crippen LogP contribution in [-0.4, -0.2) is 22.6 Å². The monoisotopic (exact) mass is 269 g/mol. The second kappa shape index (κ2) is 5.03. The molecule has 1 fully saturated rings. The van der Waals surface area contributed by atoms with Crippen LogP contribution in [0.5, 0.6) is 0 Å². The summed E-state index contributed by atoms with van der Waals surface area (Å²) in [5, 5.41) is 3.54. The normalized spacial score (nSPS) is 17.7. The van der Waals surface area contributed by atoms with E-state index in [1.165, 1.54) is 12.8 Å². The van der Waals surface area contributed by atoms with Crippen LogP contribution in [0.1, 0.15) is 25.5 Å². The predicted molar refractivity (Wildman–Crippen MR) is 63.6 cm³/mol. The van der Waals surface area contributed by atoms with E-state index in [9.17, 15) is 0 Å². The van der Waals surface area contributed by atoms with Crippen molar-refractivity contribution in [3.8, 4) is 0 Å². The predicted octanol–water partition coefficient (Wildman–Crippen LogP) is 2.17. The molecule has 1 aromatic rings. The standard InChI is InChI=1S/C11H16BrN3/c1-2-14-10(8-3-4-8)5-11-9(12)6-13-7-15-11/h6-8,10,14H,2-5H2,1H3. The Labute approximate surface area is 98.8 Å². The SMILES string of the molecule is CCNC(Cc1ncncc1Br)C1CC1. The molecule has 2 rings (SSSR count). The van der Waals surface area contributed by atoms with E-state index in [1.54, 1.807) is 6.33 Å². The van der Waals surface area contributed by atoms with Crippen molar-refractivity contribution in [2.75, 3.05) is 6.54 Å². The van der Waals surface area contributed by atoms with Gasteiger partial charge in [0.15, 0.2) is 0 Å². The molecule has 82 valence electrons. The van der Waals surface area contributed by atoms with Crippen molar-refractivity contribution < 1.29 is 0 Å². The van der Waals surface area contributed by atoms with Crippen LogP contribution in [0.3, 0.4) is 0 Å². The van der Waals surface area contributed by atoms with Crippen LogP contribution in [0, 0.1) is 5.92 Å². The fourth-order valence-corrected chi connectivity index (χ4v) is 2.25. The Bertz CT molecular complexity index is 325. The average Bonchev–Trinajstić information content (AvgIpc) is 3.04. The fraction of sp³-hybridized carbons (Fsp3) is 0.636. The molecule has 1 aromatic heterocycles. The Morgan fingerprint density at radius 1 is 1.60 bits per heavy atom. The maximum atomic E-state index is 4.31. The van der Waals surface area contributed by atoms with Gasteiger partial charge in [-0.15, -0.1) is 0 Å². The van der Waals surface area contributed by atoms with Crippen molar-refractivity contribution in [1.29, 1.82) is 0 Å². The van der Waals surface area contributed by atoms with Gasteiger partial charge in [-0.1, -0.05) is 6.92 Å². The van der Waals surface area contributed by atoms with Crippen LogP contribution in [0.2, 0.25) is 0 Å². The first-order valence-corrected chi connectivity index (χ1v) is 6.28. The van der Waals surface area contributed by atoms with Crippen LogP contribution in [0.4, 0.5) is 0 Å². The van der Waals surface area contributed by atoms with Gasteiger partial charge >= 0.3 is 0 Å². The van der Waals surface area contributed by atoms with Crippen LogP contribution in [-0.2, 0) is 6.42 Å². The zero-order chi connectivity index (χ0) is 10.7. The number of hydrogen-bond acceptors (Lipinski definition) is 3. The van der Waals surface area contributed by atoms with Gasteiger partial charge in [0.25, 0.3) is 0 Å². The summed E-state index contributed by atoms with van der Waals surface area (Å²) >= 11 is 3.49. The molecule has 0 spiro atoms. The highest BCUT2D eigenvalue weighted by Crippen LogP contribution is 2.34. The van der Waals surface area contributed by atoms with Gasteiger partial charge in [-0.3, -0.25) is 0 Å². The molecule has 0 aromatic carbocycles. The highest BCUT2D eigenvalue weighted by atomic mass is 79.9. The van der Waals surface area contributed by atoms with E-state index in [1.807, 2.05) is 6.20 Å².